The fourth-order valence-corrected chi connectivity index (χ4v) is 3.06. The maximum absolute atomic E-state index is 10.9. The van der Waals surface area contributed by atoms with Crippen LogP contribution in [0.4, 0.5) is 5.82 Å². The van der Waals surface area contributed by atoms with Gasteiger partial charge in [-0.3, -0.25) is 0 Å². The van der Waals surface area contributed by atoms with Gasteiger partial charge in [-0.15, -0.1) is 0 Å². The van der Waals surface area contributed by atoms with Gasteiger partial charge in [-0.05, 0) is 0 Å². The molecular formula is C16H23N5O3. The van der Waals surface area contributed by atoms with Crippen LogP contribution < -0.4 is 9.64 Å². The number of hydrogen-bond acceptors (Lipinski definition) is 7. The summed E-state index contributed by atoms with van der Waals surface area (Å²) >= 11 is 0. The maximum atomic E-state index is 10.9. The molecule has 24 heavy (non-hydrogen) atoms. The minimum Gasteiger partial charge on any atom is -0.481 e. The summed E-state index contributed by atoms with van der Waals surface area (Å²) in [5.74, 6) is 2.59. The van der Waals surface area contributed by atoms with E-state index in [0.717, 1.165) is 5.82 Å². The molecule has 1 saturated heterocycles. The molecule has 3 rings (SSSR count). The average Bonchev–Trinajstić information content (AvgIpc) is 3.02. The molecule has 0 amide bonds. The fraction of sp³-hybridized carbons (Fsp3) is 0.562. The summed E-state index contributed by atoms with van der Waals surface area (Å²) in [6, 6.07) is 1.81. The number of methoxy groups -OCH3 is 2. The Kier molecular flexibility index (Phi) is 4.68. The van der Waals surface area contributed by atoms with E-state index in [0.29, 0.717) is 50.1 Å². The summed E-state index contributed by atoms with van der Waals surface area (Å²) in [4.78, 5) is 15.2. The van der Waals surface area contributed by atoms with Gasteiger partial charge in [0.1, 0.15) is 23.9 Å². The highest BCUT2D eigenvalue weighted by Gasteiger charge is 2.37. The lowest BCUT2D eigenvalue weighted by atomic mass is 9.90. The summed E-state index contributed by atoms with van der Waals surface area (Å²) in [5.41, 5.74) is -0.902. The molecule has 0 aromatic carbocycles. The number of aliphatic hydroxyl groups is 1. The molecule has 2 aromatic rings. The Hall–Kier alpha value is -2.19. The van der Waals surface area contributed by atoms with Gasteiger partial charge in [0.2, 0.25) is 5.88 Å². The molecule has 0 saturated carbocycles. The van der Waals surface area contributed by atoms with Crippen molar-refractivity contribution in [3.05, 3.63) is 30.1 Å². The molecule has 1 fully saturated rings. The summed E-state index contributed by atoms with van der Waals surface area (Å²) in [5, 5.41) is 10.9. The zero-order valence-electron chi connectivity index (χ0n) is 14.3. The van der Waals surface area contributed by atoms with E-state index in [2.05, 4.69) is 19.9 Å². The molecular weight excluding hydrogens is 310 g/mol. The van der Waals surface area contributed by atoms with E-state index in [1.54, 1.807) is 20.4 Å². The third-order valence-electron chi connectivity index (χ3n) is 4.37. The molecule has 130 valence electrons. The van der Waals surface area contributed by atoms with Crippen molar-refractivity contribution in [2.24, 2.45) is 7.05 Å². The molecule has 0 atom stereocenters. The van der Waals surface area contributed by atoms with Crippen LogP contribution in [-0.2, 0) is 24.0 Å². The number of hydrogen-bond donors (Lipinski definition) is 1. The summed E-state index contributed by atoms with van der Waals surface area (Å²) < 4.78 is 12.2. The molecule has 0 spiro atoms. The van der Waals surface area contributed by atoms with Gasteiger partial charge >= 0.3 is 0 Å². The topological polar surface area (TPSA) is 85.5 Å². The standard InChI is InChI=1S/C16H23N5O3/c1-20-9-6-17-15(20)16(22)4-7-21(8-5-16)13-10-14(24-3)19-12(18-13)11-23-2/h6,9-10,22H,4-5,7-8,11H2,1-3H3. The van der Waals surface area contributed by atoms with Crippen LogP contribution in [0.3, 0.4) is 0 Å². The maximum Gasteiger partial charge on any atom is 0.218 e. The van der Waals surface area contributed by atoms with Gasteiger partial charge in [0.15, 0.2) is 5.82 Å². The van der Waals surface area contributed by atoms with E-state index in [1.807, 2.05) is 23.9 Å². The lowest BCUT2D eigenvalue weighted by Crippen LogP contribution is -2.44. The van der Waals surface area contributed by atoms with E-state index >= 15 is 0 Å². The molecule has 1 aliphatic rings. The first-order valence-corrected chi connectivity index (χ1v) is 7.92. The minimum absolute atomic E-state index is 0.329. The van der Waals surface area contributed by atoms with Gasteiger partial charge in [0.05, 0.1) is 7.11 Å². The molecule has 1 aliphatic heterocycles. The average molecular weight is 333 g/mol. The van der Waals surface area contributed by atoms with Crippen molar-refractivity contribution < 1.29 is 14.6 Å². The lowest BCUT2D eigenvalue weighted by Gasteiger charge is -2.38. The SMILES string of the molecule is COCc1nc(OC)cc(N2CCC(O)(c3nccn3C)CC2)n1. The van der Waals surface area contributed by atoms with Crippen LogP contribution in [0.15, 0.2) is 18.5 Å². The van der Waals surface area contributed by atoms with Crippen molar-refractivity contribution in [2.75, 3.05) is 32.2 Å². The Morgan fingerprint density at radius 2 is 2.00 bits per heavy atom. The molecule has 0 aliphatic carbocycles. The Balaban J connectivity index is 1.77. The zero-order chi connectivity index (χ0) is 17.2. The first-order chi connectivity index (χ1) is 11.6. The predicted molar refractivity (Wildman–Crippen MR) is 87.8 cm³/mol. The summed E-state index contributed by atoms with van der Waals surface area (Å²) in [6.45, 7) is 1.68. The number of ether oxygens (including phenoxy) is 2. The summed E-state index contributed by atoms with van der Waals surface area (Å²) in [7, 11) is 5.09. The monoisotopic (exact) mass is 333 g/mol. The first-order valence-electron chi connectivity index (χ1n) is 7.92. The number of imidazole rings is 1. The van der Waals surface area contributed by atoms with Crippen molar-refractivity contribution in [3.8, 4) is 5.88 Å². The van der Waals surface area contributed by atoms with E-state index in [4.69, 9.17) is 9.47 Å². The van der Waals surface area contributed by atoms with Gasteiger partial charge in [0, 0.05) is 58.5 Å². The van der Waals surface area contributed by atoms with Gasteiger partial charge in [-0.2, -0.15) is 4.98 Å². The lowest BCUT2D eigenvalue weighted by molar-refractivity contribution is 0.000650. The van der Waals surface area contributed by atoms with Crippen molar-refractivity contribution in [3.63, 3.8) is 0 Å². The minimum atomic E-state index is -0.902. The van der Waals surface area contributed by atoms with E-state index in [-0.39, 0.29) is 0 Å². The van der Waals surface area contributed by atoms with Crippen molar-refractivity contribution in [2.45, 2.75) is 25.0 Å². The number of anilines is 1. The zero-order valence-corrected chi connectivity index (χ0v) is 14.3. The molecule has 8 nitrogen and oxygen atoms in total. The van der Waals surface area contributed by atoms with Crippen LogP contribution in [0.25, 0.3) is 0 Å². The first kappa shape index (κ1) is 16.7. The Morgan fingerprint density at radius 1 is 1.25 bits per heavy atom. The van der Waals surface area contributed by atoms with Gasteiger partial charge in [-0.1, -0.05) is 0 Å². The third kappa shape index (κ3) is 3.20. The highest BCUT2D eigenvalue weighted by Crippen LogP contribution is 2.33. The van der Waals surface area contributed by atoms with Crippen LogP contribution in [0, 0.1) is 0 Å². The molecule has 2 aromatic heterocycles. The fourth-order valence-electron chi connectivity index (χ4n) is 3.06. The van der Waals surface area contributed by atoms with Crippen molar-refractivity contribution >= 4 is 5.82 Å². The molecule has 0 unspecified atom stereocenters. The van der Waals surface area contributed by atoms with Gasteiger partial charge in [0.25, 0.3) is 0 Å². The molecule has 1 N–H and O–H groups in total. The normalized spacial score (nSPS) is 17.1. The van der Waals surface area contributed by atoms with Crippen LogP contribution >= 0.6 is 0 Å². The number of aromatic nitrogens is 4. The number of piperidine rings is 1. The third-order valence-corrected chi connectivity index (χ3v) is 4.37. The highest BCUT2D eigenvalue weighted by atomic mass is 16.5. The van der Waals surface area contributed by atoms with Crippen molar-refractivity contribution in [1.82, 2.24) is 19.5 Å². The van der Waals surface area contributed by atoms with Crippen LogP contribution in [-0.4, -0.2) is 51.9 Å². The van der Waals surface area contributed by atoms with Crippen LogP contribution in [0.2, 0.25) is 0 Å². The highest BCUT2D eigenvalue weighted by molar-refractivity contribution is 5.42. The number of aryl methyl sites for hydroxylation is 1. The quantitative estimate of drug-likeness (QED) is 0.868. The Morgan fingerprint density at radius 3 is 2.58 bits per heavy atom. The van der Waals surface area contributed by atoms with E-state index < -0.39 is 5.60 Å². The Bertz CT molecular complexity index is 695. The van der Waals surface area contributed by atoms with Gasteiger partial charge < -0.3 is 24.0 Å². The smallest absolute Gasteiger partial charge is 0.218 e. The second kappa shape index (κ2) is 6.74. The second-order valence-electron chi connectivity index (χ2n) is 6.00. The molecule has 0 radical (unpaired) electrons. The van der Waals surface area contributed by atoms with E-state index in [1.165, 1.54) is 0 Å². The van der Waals surface area contributed by atoms with Gasteiger partial charge in [-0.25, -0.2) is 9.97 Å². The summed E-state index contributed by atoms with van der Waals surface area (Å²) in [6.07, 6.45) is 4.74. The Labute approximate surface area is 141 Å². The second-order valence-corrected chi connectivity index (χ2v) is 6.00. The van der Waals surface area contributed by atoms with E-state index in [9.17, 15) is 5.11 Å². The molecule has 8 heteroatoms. The molecule has 3 heterocycles. The van der Waals surface area contributed by atoms with Crippen LogP contribution in [0.1, 0.15) is 24.5 Å². The largest absolute Gasteiger partial charge is 0.481 e. The number of rotatable bonds is 5. The number of nitrogens with zero attached hydrogens (tertiary/aromatic N) is 5. The molecule has 0 bridgehead atoms. The van der Waals surface area contributed by atoms with Crippen LogP contribution in [0.5, 0.6) is 5.88 Å². The van der Waals surface area contributed by atoms with Crippen molar-refractivity contribution in [1.29, 1.82) is 0 Å². The predicted octanol–water partition coefficient (Wildman–Crippen LogP) is 0.853.